The SMILES string of the molecule is CC(C)(C)C1=N[Si](C(C)(C)C)(C(C)(C)C)[Si]1(C(C)(C)C)C(C)(C)C. The lowest BCUT2D eigenvalue weighted by molar-refractivity contribution is 0.547. The molecule has 24 heavy (non-hydrogen) atoms. The Morgan fingerprint density at radius 2 is 0.792 bits per heavy atom. The molecular weight excluding hydrogens is 322 g/mol. The fourth-order valence-electron chi connectivity index (χ4n) is 6.69. The first-order chi connectivity index (χ1) is 10.1. The molecule has 0 radical (unpaired) electrons. The van der Waals surface area contributed by atoms with Crippen LogP contribution in [0.2, 0.25) is 20.2 Å². The van der Waals surface area contributed by atoms with E-state index in [1.54, 1.807) is 5.33 Å². The summed E-state index contributed by atoms with van der Waals surface area (Å²) in [6.07, 6.45) is 0. The molecule has 0 aromatic heterocycles. The Labute approximate surface area is 155 Å². The molecule has 0 bridgehead atoms. The third-order valence-corrected chi connectivity index (χ3v) is 31.9. The van der Waals surface area contributed by atoms with Gasteiger partial charge in [-0.25, -0.2) is 0 Å². The van der Waals surface area contributed by atoms with Gasteiger partial charge in [0.2, 0.25) is 0 Å². The number of nitrogens with zero attached hydrogens (tertiary/aromatic N) is 1. The largest absolute Gasteiger partial charge is 0.335 e. The van der Waals surface area contributed by atoms with Crippen molar-refractivity contribution in [3.63, 3.8) is 0 Å². The summed E-state index contributed by atoms with van der Waals surface area (Å²) in [4.78, 5) is 0. The molecule has 1 nitrogen and oxygen atoms in total. The van der Waals surface area contributed by atoms with Crippen LogP contribution in [0.3, 0.4) is 0 Å². The van der Waals surface area contributed by atoms with Gasteiger partial charge in [0.15, 0.2) is 7.75 Å². The number of hydrogen-bond donors (Lipinski definition) is 0. The summed E-state index contributed by atoms with van der Waals surface area (Å²) in [5.74, 6) is 0. The second kappa shape index (κ2) is 5.31. The molecule has 0 saturated heterocycles. The zero-order chi connectivity index (χ0) is 19.8. The molecule has 0 fully saturated rings. The first kappa shape index (κ1) is 22.1. The molecular formula is C21H45NSi2. The van der Waals surface area contributed by atoms with Crippen molar-refractivity contribution >= 4 is 20.7 Å². The lowest BCUT2D eigenvalue weighted by atomic mass is 9.99. The molecule has 0 aliphatic carbocycles. The maximum absolute atomic E-state index is 5.77. The molecule has 3 heteroatoms. The maximum Gasteiger partial charge on any atom is 0.187 e. The first-order valence-corrected chi connectivity index (χ1v) is 14.6. The van der Waals surface area contributed by atoms with Crippen LogP contribution < -0.4 is 0 Å². The molecule has 0 N–H and O–H groups in total. The molecule has 0 spiro atoms. The summed E-state index contributed by atoms with van der Waals surface area (Å²) in [6.45, 7) is 37.3. The van der Waals surface area contributed by atoms with E-state index in [4.69, 9.17) is 4.66 Å². The minimum Gasteiger partial charge on any atom is -0.335 e. The Kier molecular flexibility index (Phi) is 4.90. The highest BCUT2D eigenvalue weighted by molar-refractivity contribution is 7.61. The van der Waals surface area contributed by atoms with E-state index >= 15 is 0 Å². The van der Waals surface area contributed by atoms with Crippen LogP contribution in [0.25, 0.3) is 0 Å². The Hall–Kier alpha value is 0.104. The molecule has 142 valence electrons. The highest BCUT2D eigenvalue weighted by atomic mass is 29.3. The Morgan fingerprint density at radius 1 is 0.500 bits per heavy atom. The van der Waals surface area contributed by atoms with Crippen LogP contribution in [0.15, 0.2) is 4.66 Å². The van der Waals surface area contributed by atoms with Gasteiger partial charge in [0.1, 0.15) is 7.59 Å². The minimum atomic E-state index is -1.94. The third kappa shape index (κ3) is 2.55. The summed E-state index contributed by atoms with van der Waals surface area (Å²) in [7, 11) is -3.82. The zero-order valence-electron chi connectivity index (χ0n) is 19.4. The average Bonchev–Trinajstić information content (AvgIpc) is 2.01. The molecule has 0 atom stereocenters. The standard InChI is InChI=1S/C21H45NSi2/c1-17(2,3)16-22-24(20(10,11)12,21(13,14)15)23(16,18(4,5)6)19(7,8)9/h1-15H3. The molecule has 1 rings (SSSR count). The van der Waals surface area contributed by atoms with Crippen LogP contribution >= 0.6 is 0 Å². The summed E-state index contributed by atoms with van der Waals surface area (Å²) in [5.41, 5.74) is 0.180. The maximum atomic E-state index is 5.77. The van der Waals surface area contributed by atoms with Gasteiger partial charge in [0.05, 0.1) is 0 Å². The number of rotatable bonds is 0. The highest BCUT2D eigenvalue weighted by Crippen LogP contribution is 2.72. The second-order valence-electron chi connectivity index (χ2n) is 13.2. The van der Waals surface area contributed by atoms with E-state index in [2.05, 4.69) is 104 Å². The van der Waals surface area contributed by atoms with Crippen molar-refractivity contribution in [3.05, 3.63) is 0 Å². The predicted molar refractivity (Wildman–Crippen MR) is 117 cm³/mol. The monoisotopic (exact) mass is 367 g/mol. The van der Waals surface area contributed by atoms with Gasteiger partial charge in [-0.05, 0) is 30.9 Å². The summed E-state index contributed by atoms with van der Waals surface area (Å²) >= 11 is 0. The van der Waals surface area contributed by atoms with Gasteiger partial charge in [-0.2, -0.15) is 0 Å². The average molecular weight is 368 g/mol. The van der Waals surface area contributed by atoms with E-state index in [1.807, 2.05) is 0 Å². The molecule has 0 amide bonds. The van der Waals surface area contributed by atoms with Gasteiger partial charge in [-0.1, -0.05) is 104 Å². The second-order valence-corrected chi connectivity index (χ2v) is 27.2. The first-order valence-electron chi connectivity index (χ1n) is 9.70. The van der Waals surface area contributed by atoms with Gasteiger partial charge in [0, 0.05) is 0 Å². The molecule has 0 aromatic carbocycles. The van der Waals surface area contributed by atoms with Gasteiger partial charge in [0.25, 0.3) is 0 Å². The summed E-state index contributed by atoms with van der Waals surface area (Å²) < 4.78 is 5.77. The quantitative estimate of drug-likeness (QED) is 0.389. The molecule has 1 aliphatic heterocycles. The van der Waals surface area contributed by atoms with Crippen molar-refractivity contribution in [3.8, 4) is 0 Å². The topological polar surface area (TPSA) is 12.4 Å². The fraction of sp³-hybridized carbons (Fsp3) is 0.952. The van der Waals surface area contributed by atoms with E-state index in [0.29, 0.717) is 10.1 Å². The predicted octanol–water partition coefficient (Wildman–Crippen LogP) is 7.70. The normalized spacial score (nSPS) is 22.0. The highest BCUT2D eigenvalue weighted by Gasteiger charge is 2.81. The Morgan fingerprint density at radius 3 is 0.958 bits per heavy atom. The molecule has 1 heterocycles. The van der Waals surface area contributed by atoms with Crippen molar-refractivity contribution in [2.75, 3.05) is 0 Å². The van der Waals surface area contributed by atoms with E-state index in [-0.39, 0.29) is 15.5 Å². The van der Waals surface area contributed by atoms with Crippen LogP contribution in [0, 0.1) is 5.41 Å². The van der Waals surface area contributed by atoms with Gasteiger partial charge >= 0.3 is 0 Å². The van der Waals surface area contributed by atoms with Crippen LogP contribution in [-0.2, 0) is 0 Å². The van der Waals surface area contributed by atoms with Crippen molar-refractivity contribution in [2.24, 2.45) is 10.1 Å². The number of hydrogen-bond acceptors (Lipinski definition) is 1. The minimum absolute atomic E-state index is 0.180. The van der Waals surface area contributed by atoms with Crippen LogP contribution in [0.1, 0.15) is 104 Å². The van der Waals surface area contributed by atoms with Gasteiger partial charge in [-0.3, -0.25) is 0 Å². The van der Waals surface area contributed by atoms with E-state index in [1.165, 1.54) is 0 Å². The van der Waals surface area contributed by atoms with Gasteiger partial charge < -0.3 is 4.66 Å². The molecule has 0 unspecified atom stereocenters. The lowest BCUT2D eigenvalue weighted by Crippen LogP contribution is -2.89. The zero-order valence-corrected chi connectivity index (χ0v) is 21.4. The van der Waals surface area contributed by atoms with Crippen molar-refractivity contribution < 1.29 is 0 Å². The molecule has 0 aromatic rings. The molecule has 0 saturated carbocycles. The van der Waals surface area contributed by atoms with E-state index in [9.17, 15) is 0 Å². The summed E-state index contributed by atoms with van der Waals surface area (Å²) in [6, 6.07) is 0. The van der Waals surface area contributed by atoms with E-state index < -0.39 is 15.3 Å². The van der Waals surface area contributed by atoms with Crippen LogP contribution in [0.5, 0.6) is 0 Å². The third-order valence-electron chi connectivity index (χ3n) is 6.31. The smallest absolute Gasteiger partial charge is 0.187 e. The molecule has 1 aliphatic rings. The Bertz CT molecular complexity index is 495. The van der Waals surface area contributed by atoms with Crippen LogP contribution in [0.4, 0.5) is 0 Å². The lowest BCUT2D eigenvalue weighted by Gasteiger charge is -2.74. The fourth-order valence-corrected chi connectivity index (χ4v) is 36.8. The van der Waals surface area contributed by atoms with Crippen molar-refractivity contribution in [2.45, 2.75) is 124 Å². The Balaban J connectivity index is 4.15. The van der Waals surface area contributed by atoms with Gasteiger partial charge in [-0.15, -0.1) is 0 Å². The summed E-state index contributed by atoms with van der Waals surface area (Å²) in [5, 5.41) is 2.83. The van der Waals surface area contributed by atoms with Crippen molar-refractivity contribution in [1.82, 2.24) is 0 Å². The van der Waals surface area contributed by atoms with Crippen LogP contribution in [-0.4, -0.2) is 20.7 Å². The van der Waals surface area contributed by atoms with Crippen molar-refractivity contribution in [1.29, 1.82) is 0 Å². The van der Waals surface area contributed by atoms with E-state index in [0.717, 1.165) is 0 Å².